The normalized spacial score (nSPS) is 12.4. The molecule has 0 saturated heterocycles. The zero-order valence-corrected chi connectivity index (χ0v) is 9.85. The van der Waals surface area contributed by atoms with Gasteiger partial charge in [-0.05, 0) is 23.3 Å². The van der Waals surface area contributed by atoms with E-state index in [9.17, 15) is 0 Å². The minimum atomic E-state index is 0.287. The van der Waals surface area contributed by atoms with Crippen molar-refractivity contribution in [2.75, 3.05) is 6.79 Å². The molecule has 0 fully saturated rings. The largest absolute Gasteiger partial charge is 0.454 e. The predicted octanol–water partition coefficient (Wildman–Crippen LogP) is 3.03. The number of hydrogen-bond donors (Lipinski definition) is 1. The van der Waals surface area contributed by atoms with E-state index in [0.717, 1.165) is 22.6 Å². The number of fused-ring (bicyclic) bond motifs is 1. The molecule has 1 aliphatic heterocycles. The summed E-state index contributed by atoms with van der Waals surface area (Å²) in [6, 6.07) is 15.6. The Kier molecular flexibility index (Phi) is 2.73. The summed E-state index contributed by atoms with van der Waals surface area (Å²) < 4.78 is 10.6. The summed E-state index contributed by atoms with van der Waals surface area (Å²) in [7, 11) is 0. The van der Waals surface area contributed by atoms with Crippen LogP contribution in [0.4, 0.5) is 0 Å². The van der Waals surface area contributed by atoms with E-state index in [0.29, 0.717) is 12.1 Å². The van der Waals surface area contributed by atoms with Crippen molar-refractivity contribution in [3.8, 4) is 11.5 Å². The standard InChI is InChI=1S/C15H13NO2/c16-13(12-4-2-1-3-5-12)8-11-6-7-14-15(9-11)18-10-17-14/h1-7,9,16H,8,10H2. The molecule has 3 heteroatoms. The Morgan fingerprint density at radius 3 is 2.61 bits per heavy atom. The van der Waals surface area contributed by atoms with Crippen LogP contribution in [-0.4, -0.2) is 12.5 Å². The summed E-state index contributed by atoms with van der Waals surface area (Å²) in [5.74, 6) is 1.55. The topological polar surface area (TPSA) is 42.3 Å². The van der Waals surface area contributed by atoms with Crippen LogP contribution in [0.5, 0.6) is 11.5 Å². The number of hydrogen-bond acceptors (Lipinski definition) is 3. The van der Waals surface area contributed by atoms with E-state index >= 15 is 0 Å². The van der Waals surface area contributed by atoms with Crippen LogP contribution >= 0.6 is 0 Å². The van der Waals surface area contributed by atoms with Crippen LogP contribution in [0.15, 0.2) is 48.5 Å². The van der Waals surface area contributed by atoms with Gasteiger partial charge in [-0.1, -0.05) is 36.4 Å². The van der Waals surface area contributed by atoms with E-state index in [1.807, 2.05) is 48.5 Å². The number of rotatable bonds is 3. The molecule has 0 spiro atoms. The van der Waals surface area contributed by atoms with Crippen LogP contribution in [0.3, 0.4) is 0 Å². The average Bonchev–Trinajstić information content (AvgIpc) is 2.87. The first-order valence-corrected chi connectivity index (χ1v) is 5.84. The lowest BCUT2D eigenvalue weighted by Crippen LogP contribution is -2.03. The van der Waals surface area contributed by atoms with E-state index in [4.69, 9.17) is 14.9 Å². The molecule has 0 aliphatic carbocycles. The molecule has 90 valence electrons. The van der Waals surface area contributed by atoms with Gasteiger partial charge in [0.2, 0.25) is 6.79 Å². The summed E-state index contributed by atoms with van der Waals surface area (Å²) in [6.07, 6.45) is 0.598. The molecule has 3 rings (SSSR count). The predicted molar refractivity (Wildman–Crippen MR) is 69.5 cm³/mol. The second-order valence-corrected chi connectivity index (χ2v) is 4.21. The van der Waals surface area contributed by atoms with Gasteiger partial charge in [-0.15, -0.1) is 0 Å². The molecule has 0 saturated carbocycles. The van der Waals surface area contributed by atoms with Gasteiger partial charge in [0.25, 0.3) is 0 Å². The molecular weight excluding hydrogens is 226 g/mol. The first-order chi connectivity index (χ1) is 8.83. The lowest BCUT2D eigenvalue weighted by Gasteiger charge is -2.05. The van der Waals surface area contributed by atoms with Gasteiger partial charge in [0.1, 0.15) is 0 Å². The Morgan fingerprint density at radius 1 is 1.00 bits per heavy atom. The Morgan fingerprint density at radius 2 is 1.78 bits per heavy atom. The van der Waals surface area contributed by atoms with Gasteiger partial charge in [0.15, 0.2) is 11.5 Å². The fraction of sp³-hybridized carbons (Fsp3) is 0.133. The van der Waals surface area contributed by atoms with Crippen molar-refractivity contribution in [2.24, 2.45) is 0 Å². The molecule has 1 aliphatic rings. The van der Waals surface area contributed by atoms with Crippen LogP contribution < -0.4 is 9.47 Å². The van der Waals surface area contributed by atoms with E-state index in [2.05, 4.69) is 0 Å². The van der Waals surface area contributed by atoms with Gasteiger partial charge in [0.05, 0.1) is 0 Å². The first kappa shape index (κ1) is 10.8. The minimum absolute atomic E-state index is 0.287. The maximum atomic E-state index is 8.09. The summed E-state index contributed by atoms with van der Waals surface area (Å²) in [6.45, 7) is 0.287. The maximum absolute atomic E-state index is 8.09. The molecule has 0 unspecified atom stereocenters. The fourth-order valence-electron chi connectivity index (χ4n) is 2.00. The van der Waals surface area contributed by atoms with Gasteiger partial charge < -0.3 is 14.9 Å². The van der Waals surface area contributed by atoms with Crippen molar-refractivity contribution in [2.45, 2.75) is 6.42 Å². The molecular formula is C15H13NO2. The lowest BCUT2D eigenvalue weighted by molar-refractivity contribution is 0.174. The van der Waals surface area contributed by atoms with Crippen LogP contribution in [-0.2, 0) is 6.42 Å². The highest BCUT2D eigenvalue weighted by Gasteiger charge is 2.13. The van der Waals surface area contributed by atoms with Crippen molar-refractivity contribution in [3.63, 3.8) is 0 Å². The van der Waals surface area contributed by atoms with Gasteiger partial charge in [-0.2, -0.15) is 0 Å². The van der Waals surface area contributed by atoms with Crippen LogP contribution in [0.25, 0.3) is 0 Å². The molecule has 3 nitrogen and oxygen atoms in total. The molecule has 18 heavy (non-hydrogen) atoms. The average molecular weight is 239 g/mol. The highest BCUT2D eigenvalue weighted by Crippen LogP contribution is 2.32. The molecule has 0 amide bonds. The third-order valence-corrected chi connectivity index (χ3v) is 2.94. The molecule has 2 aromatic carbocycles. The molecule has 1 heterocycles. The smallest absolute Gasteiger partial charge is 0.231 e. The van der Waals surface area contributed by atoms with E-state index in [1.54, 1.807) is 0 Å². The van der Waals surface area contributed by atoms with Gasteiger partial charge in [-0.25, -0.2) is 0 Å². The Bertz CT molecular complexity index is 578. The summed E-state index contributed by atoms with van der Waals surface area (Å²) in [4.78, 5) is 0. The van der Waals surface area contributed by atoms with E-state index < -0.39 is 0 Å². The van der Waals surface area contributed by atoms with Crippen molar-refractivity contribution in [3.05, 3.63) is 59.7 Å². The third-order valence-electron chi connectivity index (χ3n) is 2.94. The van der Waals surface area contributed by atoms with Crippen LogP contribution in [0, 0.1) is 5.41 Å². The number of ether oxygens (including phenoxy) is 2. The Balaban J connectivity index is 1.79. The Labute approximate surface area is 105 Å². The minimum Gasteiger partial charge on any atom is -0.454 e. The quantitative estimate of drug-likeness (QED) is 0.836. The first-order valence-electron chi connectivity index (χ1n) is 5.84. The second kappa shape index (κ2) is 4.53. The monoisotopic (exact) mass is 239 g/mol. The zero-order valence-electron chi connectivity index (χ0n) is 9.85. The molecule has 0 aromatic heterocycles. The van der Waals surface area contributed by atoms with Crippen molar-refractivity contribution >= 4 is 5.71 Å². The van der Waals surface area contributed by atoms with E-state index in [-0.39, 0.29) is 6.79 Å². The molecule has 0 atom stereocenters. The fourth-order valence-corrected chi connectivity index (χ4v) is 2.00. The van der Waals surface area contributed by atoms with Crippen LogP contribution in [0.1, 0.15) is 11.1 Å². The Hall–Kier alpha value is -2.29. The number of nitrogens with one attached hydrogen (secondary N) is 1. The highest BCUT2D eigenvalue weighted by molar-refractivity contribution is 5.99. The zero-order chi connectivity index (χ0) is 12.4. The van der Waals surface area contributed by atoms with Crippen molar-refractivity contribution in [1.29, 1.82) is 5.41 Å². The maximum Gasteiger partial charge on any atom is 0.231 e. The molecule has 2 aromatic rings. The molecule has 0 radical (unpaired) electrons. The molecule has 0 bridgehead atoms. The van der Waals surface area contributed by atoms with Crippen LogP contribution in [0.2, 0.25) is 0 Å². The SMILES string of the molecule is N=C(Cc1ccc2c(c1)OCO2)c1ccccc1. The van der Waals surface area contributed by atoms with E-state index in [1.165, 1.54) is 0 Å². The van der Waals surface area contributed by atoms with Gasteiger partial charge in [-0.3, -0.25) is 0 Å². The molecule has 1 N–H and O–H groups in total. The van der Waals surface area contributed by atoms with Crippen molar-refractivity contribution in [1.82, 2.24) is 0 Å². The summed E-state index contributed by atoms with van der Waals surface area (Å²) >= 11 is 0. The summed E-state index contributed by atoms with van der Waals surface area (Å²) in [5, 5.41) is 8.09. The van der Waals surface area contributed by atoms with Gasteiger partial charge >= 0.3 is 0 Å². The second-order valence-electron chi connectivity index (χ2n) is 4.21. The van der Waals surface area contributed by atoms with Gasteiger partial charge in [0, 0.05) is 12.1 Å². The highest BCUT2D eigenvalue weighted by atomic mass is 16.7. The summed E-state index contributed by atoms with van der Waals surface area (Å²) in [5.41, 5.74) is 2.62. The third kappa shape index (κ3) is 2.07. The lowest BCUT2D eigenvalue weighted by atomic mass is 10.0. The van der Waals surface area contributed by atoms with Crippen molar-refractivity contribution < 1.29 is 9.47 Å². The number of benzene rings is 2.